The van der Waals surface area contributed by atoms with Gasteiger partial charge in [0.05, 0.1) is 0 Å². The minimum atomic E-state index is -1.12. The van der Waals surface area contributed by atoms with E-state index in [-0.39, 0.29) is 11.3 Å². The molecule has 2 atom stereocenters. The highest BCUT2D eigenvalue weighted by Gasteiger charge is 2.52. The number of carboxylic acids is 1. The molecule has 0 amide bonds. The van der Waals surface area contributed by atoms with Gasteiger partial charge in [0, 0.05) is 5.92 Å². The second-order valence-corrected chi connectivity index (χ2v) is 4.50. The molecule has 0 radical (unpaired) electrons. The lowest BCUT2D eigenvalue weighted by molar-refractivity contribution is -0.159. The number of hydrogen-bond acceptors (Lipinski definition) is 2. The van der Waals surface area contributed by atoms with Crippen LogP contribution in [0.5, 0.6) is 0 Å². The van der Waals surface area contributed by atoms with E-state index in [4.69, 9.17) is 5.11 Å². The summed E-state index contributed by atoms with van der Waals surface area (Å²) < 4.78 is 0. The first-order valence-electron chi connectivity index (χ1n) is 5.07. The van der Waals surface area contributed by atoms with Gasteiger partial charge in [-0.25, -0.2) is 4.79 Å². The monoisotopic (exact) mass is 184 g/mol. The molecule has 1 spiro atoms. The number of aliphatic carboxylic acids is 1. The van der Waals surface area contributed by atoms with E-state index in [0.717, 1.165) is 25.7 Å². The van der Waals surface area contributed by atoms with Crippen molar-refractivity contribution in [2.24, 2.45) is 11.3 Å². The van der Waals surface area contributed by atoms with Crippen molar-refractivity contribution in [3.8, 4) is 0 Å². The van der Waals surface area contributed by atoms with Gasteiger partial charge in [-0.1, -0.05) is 12.8 Å². The molecule has 74 valence electrons. The molecule has 2 aliphatic rings. The van der Waals surface area contributed by atoms with Crippen molar-refractivity contribution in [1.82, 2.24) is 0 Å². The average Bonchev–Trinajstić information content (AvgIpc) is 2.52. The van der Waals surface area contributed by atoms with Gasteiger partial charge in [0.1, 0.15) is 0 Å². The molecule has 0 aliphatic heterocycles. The van der Waals surface area contributed by atoms with Crippen LogP contribution in [0.4, 0.5) is 0 Å². The number of aliphatic hydroxyl groups is 1. The highest BCUT2D eigenvalue weighted by molar-refractivity contribution is 5.72. The SMILES string of the molecule is O=C(O)C(O)C1CCC12CCCC2. The first-order chi connectivity index (χ1) is 6.16. The molecule has 3 heteroatoms. The molecule has 2 rings (SSSR count). The van der Waals surface area contributed by atoms with E-state index < -0.39 is 12.1 Å². The second kappa shape index (κ2) is 2.98. The van der Waals surface area contributed by atoms with Crippen LogP contribution in [0.3, 0.4) is 0 Å². The summed E-state index contributed by atoms with van der Waals surface area (Å²) in [5, 5.41) is 18.2. The van der Waals surface area contributed by atoms with E-state index in [0.29, 0.717) is 0 Å². The molecule has 2 aliphatic carbocycles. The van der Waals surface area contributed by atoms with Crippen molar-refractivity contribution in [3.63, 3.8) is 0 Å². The first-order valence-corrected chi connectivity index (χ1v) is 5.07. The molecular formula is C10H16O3. The van der Waals surface area contributed by atoms with Crippen molar-refractivity contribution < 1.29 is 15.0 Å². The number of aliphatic hydroxyl groups excluding tert-OH is 1. The van der Waals surface area contributed by atoms with Crippen LogP contribution in [0.25, 0.3) is 0 Å². The highest BCUT2D eigenvalue weighted by Crippen LogP contribution is 2.58. The third-order valence-corrected chi connectivity index (χ3v) is 3.97. The van der Waals surface area contributed by atoms with Crippen LogP contribution < -0.4 is 0 Å². The van der Waals surface area contributed by atoms with Crippen LogP contribution in [-0.4, -0.2) is 22.3 Å². The van der Waals surface area contributed by atoms with Crippen LogP contribution in [0, 0.1) is 11.3 Å². The second-order valence-electron chi connectivity index (χ2n) is 4.50. The fraction of sp³-hybridized carbons (Fsp3) is 0.900. The van der Waals surface area contributed by atoms with Gasteiger partial charge in [0.15, 0.2) is 6.10 Å². The maximum absolute atomic E-state index is 10.6. The Bertz CT molecular complexity index is 218. The largest absolute Gasteiger partial charge is 0.479 e. The Balaban J connectivity index is 2.04. The smallest absolute Gasteiger partial charge is 0.332 e. The Hall–Kier alpha value is -0.570. The Labute approximate surface area is 77.8 Å². The molecule has 2 fully saturated rings. The van der Waals surface area contributed by atoms with Crippen LogP contribution >= 0.6 is 0 Å². The lowest BCUT2D eigenvalue weighted by Crippen LogP contribution is -2.47. The van der Waals surface area contributed by atoms with Crippen LogP contribution in [0.15, 0.2) is 0 Å². The highest BCUT2D eigenvalue weighted by atomic mass is 16.4. The summed E-state index contributed by atoms with van der Waals surface area (Å²) in [4.78, 5) is 10.6. The van der Waals surface area contributed by atoms with Crippen molar-refractivity contribution in [1.29, 1.82) is 0 Å². The molecule has 0 aromatic carbocycles. The summed E-state index contributed by atoms with van der Waals surface area (Å²) in [5.41, 5.74) is 0.206. The quantitative estimate of drug-likeness (QED) is 0.682. The number of carboxylic acid groups (broad SMARTS) is 1. The third-order valence-electron chi connectivity index (χ3n) is 3.97. The first kappa shape index (κ1) is 9.00. The molecule has 2 N–H and O–H groups in total. The van der Waals surface area contributed by atoms with Gasteiger partial charge in [-0.15, -0.1) is 0 Å². The molecule has 0 heterocycles. The third kappa shape index (κ3) is 1.26. The van der Waals surface area contributed by atoms with Gasteiger partial charge >= 0.3 is 5.97 Å². The topological polar surface area (TPSA) is 57.5 Å². The molecular weight excluding hydrogens is 168 g/mol. The van der Waals surface area contributed by atoms with E-state index in [9.17, 15) is 9.90 Å². The van der Waals surface area contributed by atoms with E-state index in [1.165, 1.54) is 12.8 Å². The number of hydrogen-bond donors (Lipinski definition) is 2. The minimum absolute atomic E-state index is 0.0347. The molecule has 2 unspecified atom stereocenters. The summed E-state index contributed by atoms with van der Waals surface area (Å²) in [7, 11) is 0. The van der Waals surface area contributed by atoms with E-state index >= 15 is 0 Å². The minimum Gasteiger partial charge on any atom is -0.479 e. The zero-order valence-electron chi connectivity index (χ0n) is 7.70. The molecule has 0 aromatic rings. The predicted octanol–water partition coefficient (Wildman–Crippen LogP) is 1.40. The maximum Gasteiger partial charge on any atom is 0.332 e. The van der Waals surface area contributed by atoms with Gasteiger partial charge in [0.25, 0.3) is 0 Å². The predicted molar refractivity (Wildman–Crippen MR) is 47.3 cm³/mol. The van der Waals surface area contributed by atoms with Crippen LogP contribution in [0.2, 0.25) is 0 Å². The molecule has 2 saturated carbocycles. The van der Waals surface area contributed by atoms with Crippen molar-refractivity contribution in [2.75, 3.05) is 0 Å². The Morgan fingerprint density at radius 1 is 1.31 bits per heavy atom. The average molecular weight is 184 g/mol. The summed E-state index contributed by atoms with van der Waals surface area (Å²) in [6.07, 6.45) is 5.58. The van der Waals surface area contributed by atoms with Gasteiger partial charge in [-0.3, -0.25) is 0 Å². The fourth-order valence-corrected chi connectivity index (χ4v) is 3.08. The standard InChI is InChI=1S/C10H16O3/c11-8(9(12)13)7-3-6-10(7)4-1-2-5-10/h7-8,11H,1-6H2,(H,12,13). The Morgan fingerprint density at radius 3 is 2.31 bits per heavy atom. The van der Waals surface area contributed by atoms with E-state index in [1.807, 2.05) is 0 Å². The molecule has 3 nitrogen and oxygen atoms in total. The van der Waals surface area contributed by atoms with Gasteiger partial charge < -0.3 is 10.2 Å². The summed E-state index contributed by atoms with van der Waals surface area (Å²) in [6.45, 7) is 0. The summed E-state index contributed by atoms with van der Waals surface area (Å²) >= 11 is 0. The molecule has 0 bridgehead atoms. The number of carbonyl (C=O) groups is 1. The maximum atomic E-state index is 10.6. The summed E-state index contributed by atoms with van der Waals surface area (Å²) in [5.74, 6) is -1.01. The number of rotatable bonds is 2. The molecule has 0 aromatic heterocycles. The fourth-order valence-electron chi connectivity index (χ4n) is 3.08. The van der Waals surface area contributed by atoms with Gasteiger partial charge in [-0.2, -0.15) is 0 Å². The Morgan fingerprint density at radius 2 is 1.92 bits per heavy atom. The van der Waals surface area contributed by atoms with Crippen molar-refractivity contribution in [3.05, 3.63) is 0 Å². The van der Waals surface area contributed by atoms with Gasteiger partial charge in [-0.05, 0) is 31.1 Å². The normalized spacial score (nSPS) is 32.8. The van der Waals surface area contributed by atoms with E-state index in [1.54, 1.807) is 0 Å². The Kier molecular flexibility index (Phi) is 2.06. The zero-order valence-corrected chi connectivity index (χ0v) is 7.70. The van der Waals surface area contributed by atoms with Crippen LogP contribution in [0.1, 0.15) is 38.5 Å². The lowest BCUT2D eigenvalue weighted by atomic mass is 9.57. The van der Waals surface area contributed by atoms with Gasteiger partial charge in [0.2, 0.25) is 0 Å². The van der Waals surface area contributed by atoms with Crippen molar-refractivity contribution >= 4 is 5.97 Å². The molecule has 0 saturated heterocycles. The zero-order chi connectivity index (χ0) is 9.47. The summed E-state index contributed by atoms with van der Waals surface area (Å²) in [6, 6.07) is 0. The molecule has 13 heavy (non-hydrogen) atoms. The van der Waals surface area contributed by atoms with Crippen molar-refractivity contribution in [2.45, 2.75) is 44.6 Å². The van der Waals surface area contributed by atoms with E-state index in [2.05, 4.69) is 0 Å². The lowest BCUT2D eigenvalue weighted by Gasteiger charge is -2.48. The van der Waals surface area contributed by atoms with Crippen LogP contribution in [-0.2, 0) is 4.79 Å².